The topological polar surface area (TPSA) is 42.2 Å². The molecule has 14 heavy (non-hydrogen) atoms. The van der Waals surface area contributed by atoms with Crippen LogP contribution in [0.5, 0.6) is 0 Å². The Labute approximate surface area is 95.6 Å². The second kappa shape index (κ2) is 5.46. The first-order valence-electron chi connectivity index (χ1n) is 4.23. The molecule has 5 heteroatoms. The molecule has 0 saturated heterocycles. The molecule has 78 valence electrons. The van der Waals surface area contributed by atoms with E-state index in [1.165, 1.54) is 0 Å². The Morgan fingerprint density at radius 2 is 2.43 bits per heavy atom. The van der Waals surface area contributed by atoms with Crippen LogP contribution in [0, 0.1) is 0 Å². The van der Waals surface area contributed by atoms with E-state index >= 15 is 0 Å². The molecule has 1 aromatic heterocycles. The summed E-state index contributed by atoms with van der Waals surface area (Å²) in [6.45, 7) is 0.856. The van der Waals surface area contributed by atoms with Crippen molar-refractivity contribution >= 4 is 33.7 Å². The van der Waals surface area contributed by atoms with Crippen LogP contribution in [0.2, 0.25) is 0 Å². The third kappa shape index (κ3) is 3.06. The minimum atomic E-state index is -0.880. The number of rotatable bonds is 5. The number of carboxylic acids is 1. The zero-order valence-electron chi connectivity index (χ0n) is 7.86. The van der Waals surface area contributed by atoms with Crippen LogP contribution in [0.25, 0.3) is 0 Å². The van der Waals surface area contributed by atoms with Crippen molar-refractivity contribution in [1.29, 1.82) is 0 Å². The maximum absolute atomic E-state index is 10.7. The molecule has 0 spiro atoms. The van der Waals surface area contributed by atoms with E-state index in [0.29, 0.717) is 5.56 Å². The van der Waals surface area contributed by atoms with Crippen molar-refractivity contribution in [2.75, 3.05) is 12.0 Å². The number of hydrogen-bond acceptors (Lipinski definition) is 2. The number of hydrogen-bond donors (Lipinski definition) is 1. The molecule has 0 aliphatic rings. The van der Waals surface area contributed by atoms with Crippen LogP contribution in [0.1, 0.15) is 16.8 Å². The van der Waals surface area contributed by atoms with E-state index in [0.717, 1.165) is 23.3 Å². The lowest BCUT2D eigenvalue weighted by molar-refractivity contribution is 0.0697. The highest BCUT2D eigenvalue weighted by molar-refractivity contribution is 9.10. The predicted octanol–water partition coefficient (Wildman–Crippen LogP) is 2.70. The van der Waals surface area contributed by atoms with Gasteiger partial charge in [0.15, 0.2) is 0 Å². The number of carbonyl (C=O) groups is 1. The molecule has 0 amide bonds. The molecule has 1 N–H and O–H groups in total. The third-order valence-corrected chi connectivity index (χ3v) is 3.22. The van der Waals surface area contributed by atoms with Gasteiger partial charge in [-0.2, -0.15) is 11.8 Å². The van der Waals surface area contributed by atoms with Crippen LogP contribution >= 0.6 is 27.7 Å². The fourth-order valence-electron chi connectivity index (χ4n) is 1.15. The van der Waals surface area contributed by atoms with Crippen LogP contribution < -0.4 is 0 Å². The highest BCUT2D eigenvalue weighted by Gasteiger charge is 2.08. The van der Waals surface area contributed by atoms with E-state index in [1.54, 1.807) is 24.0 Å². The zero-order chi connectivity index (χ0) is 10.6. The van der Waals surface area contributed by atoms with Gasteiger partial charge >= 0.3 is 5.97 Å². The van der Waals surface area contributed by atoms with Crippen molar-refractivity contribution in [3.05, 3.63) is 22.4 Å². The van der Waals surface area contributed by atoms with Gasteiger partial charge in [-0.05, 0) is 40.4 Å². The summed E-state index contributed by atoms with van der Waals surface area (Å²) in [4.78, 5) is 10.7. The number of aryl methyl sites for hydroxylation is 1. The van der Waals surface area contributed by atoms with Crippen LogP contribution in [0.3, 0.4) is 0 Å². The van der Waals surface area contributed by atoms with Crippen molar-refractivity contribution in [3.63, 3.8) is 0 Å². The molecule has 0 radical (unpaired) electrons. The van der Waals surface area contributed by atoms with Crippen LogP contribution in [0.15, 0.2) is 16.9 Å². The lowest BCUT2D eigenvalue weighted by Crippen LogP contribution is -1.98. The minimum absolute atomic E-state index is 0.334. The van der Waals surface area contributed by atoms with E-state index in [4.69, 9.17) is 5.11 Å². The first kappa shape index (κ1) is 11.7. The first-order chi connectivity index (χ1) is 6.65. The monoisotopic (exact) mass is 277 g/mol. The van der Waals surface area contributed by atoms with Gasteiger partial charge in [-0.1, -0.05) is 0 Å². The van der Waals surface area contributed by atoms with Gasteiger partial charge < -0.3 is 9.67 Å². The molecule has 0 unspecified atom stereocenters. The summed E-state index contributed by atoms with van der Waals surface area (Å²) in [6.07, 6.45) is 4.77. The Balaban J connectivity index is 2.63. The van der Waals surface area contributed by atoms with Gasteiger partial charge in [-0.3, -0.25) is 0 Å². The number of aromatic carboxylic acids is 1. The van der Waals surface area contributed by atoms with Crippen LogP contribution in [-0.2, 0) is 6.54 Å². The molecule has 1 aromatic rings. The Kier molecular flexibility index (Phi) is 4.54. The van der Waals surface area contributed by atoms with E-state index in [2.05, 4.69) is 22.2 Å². The van der Waals surface area contributed by atoms with Gasteiger partial charge in [0, 0.05) is 12.7 Å². The standard InChI is InChI=1S/C9H12BrNO2S/c1-14-4-2-3-11-6-7(9(12)13)5-8(11)10/h5-6H,2-4H2,1H3,(H,12,13). The summed E-state index contributed by atoms with van der Waals surface area (Å²) in [5.41, 5.74) is 0.334. The lowest BCUT2D eigenvalue weighted by atomic mass is 10.3. The third-order valence-electron chi connectivity index (χ3n) is 1.84. The summed E-state index contributed by atoms with van der Waals surface area (Å²) >= 11 is 5.13. The van der Waals surface area contributed by atoms with Gasteiger partial charge in [0.2, 0.25) is 0 Å². The van der Waals surface area contributed by atoms with Crippen molar-refractivity contribution < 1.29 is 9.90 Å². The number of carboxylic acid groups (broad SMARTS) is 1. The summed E-state index contributed by atoms with van der Waals surface area (Å²) in [7, 11) is 0. The Morgan fingerprint density at radius 1 is 1.71 bits per heavy atom. The van der Waals surface area contributed by atoms with Gasteiger partial charge in [0.25, 0.3) is 0 Å². The summed E-state index contributed by atoms with van der Waals surface area (Å²) in [5, 5.41) is 8.76. The van der Waals surface area contributed by atoms with Crippen molar-refractivity contribution in [1.82, 2.24) is 4.57 Å². The fraction of sp³-hybridized carbons (Fsp3) is 0.444. The molecule has 1 heterocycles. The number of thioether (sulfide) groups is 1. The molecule has 0 atom stereocenters. The maximum atomic E-state index is 10.7. The second-order valence-electron chi connectivity index (χ2n) is 2.90. The maximum Gasteiger partial charge on any atom is 0.337 e. The molecule has 0 aromatic carbocycles. The molecule has 0 aliphatic heterocycles. The Bertz CT molecular complexity index is 325. The molecular weight excluding hydrogens is 266 g/mol. The van der Waals surface area contributed by atoms with Crippen molar-refractivity contribution in [3.8, 4) is 0 Å². The van der Waals surface area contributed by atoms with Crippen molar-refractivity contribution in [2.45, 2.75) is 13.0 Å². The summed E-state index contributed by atoms with van der Waals surface area (Å²) < 4.78 is 2.75. The van der Waals surface area contributed by atoms with Crippen molar-refractivity contribution in [2.24, 2.45) is 0 Å². The SMILES string of the molecule is CSCCCn1cc(C(=O)O)cc1Br. The lowest BCUT2D eigenvalue weighted by Gasteiger charge is -2.02. The van der Waals surface area contributed by atoms with Gasteiger partial charge in [-0.15, -0.1) is 0 Å². The van der Waals surface area contributed by atoms with Gasteiger partial charge in [0.1, 0.15) is 0 Å². The fourth-order valence-corrected chi connectivity index (χ4v) is 2.09. The average Bonchev–Trinajstić information content (AvgIpc) is 2.49. The highest BCUT2D eigenvalue weighted by atomic mass is 79.9. The minimum Gasteiger partial charge on any atom is -0.478 e. The van der Waals surface area contributed by atoms with E-state index < -0.39 is 5.97 Å². The number of halogens is 1. The molecular formula is C9H12BrNO2S. The molecule has 0 saturated carbocycles. The second-order valence-corrected chi connectivity index (χ2v) is 4.69. The van der Waals surface area contributed by atoms with E-state index in [-0.39, 0.29) is 0 Å². The molecule has 0 aliphatic carbocycles. The van der Waals surface area contributed by atoms with Gasteiger partial charge in [0.05, 0.1) is 10.2 Å². The van der Waals surface area contributed by atoms with E-state index in [9.17, 15) is 4.79 Å². The zero-order valence-corrected chi connectivity index (χ0v) is 10.3. The van der Waals surface area contributed by atoms with E-state index in [1.807, 2.05) is 4.57 Å². The number of nitrogens with zero attached hydrogens (tertiary/aromatic N) is 1. The highest BCUT2D eigenvalue weighted by Crippen LogP contribution is 2.16. The Morgan fingerprint density at radius 3 is 2.93 bits per heavy atom. The molecule has 0 fully saturated rings. The quantitative estimate of drug-likeness (QED) is 0.842. The first-order valence-corrected chi connectivity index (χ1v) is 6.41. The molecule has 0 bridgehead atoms. The summed E-state index contributed by atoms with van der Waals surface area (Å²) in [6, 6.07) is 1.63. The average molecular weight is 278 g/mol. The Hall–Kier alpha value is -0.420. The predicted molar refractivity (Wildman–Crippen MR) is 62.1 cm³/mol. The summed E-state index contributed by atoms with van der Waals surface area (Å²) in [5.74, 6) is 0.210. The largest absolute Gasteiger partial charge is 0.478 e. The van der Waals surface area contributed by atoms with Gasteiger partial charge in [-0.25, -0.2) is 4.79 Å². The normalized spacial score (nSPS) is 10.4. The number of aromatic nitrogens is 1. The smallest absolute Gasteiger partial charge is 0.337 e. The molecule has 3 nitrogen and oxygen atoms in total. The van der Waals surface area contributed by atoms with Crippen LogP contribution in [-0.4, -0.2) is 27.7 Å². The van der Waals surface area contributed by atoms with Crippen LogP contribution in [0.4, 0.5) is 0 Å². The molecule has 1 rings (SSSR count).